The molecule has 2 nitrogen and oxygen atoms in total. The predicted octanol–water partition coefficient (Wildman–Crippen LogP) is 3.49. The molecule has 0 aliphatic heterocycles. The van der Waals surface area contributed by atoms with E-state index in [0.717, 1.165) is 18.4 Å². The van der Waals surface area contributed by atoms with Crippen molar-refractivity contribution < 1.29 is 4.74 Å². The Bertz CT molecular complexity index is 205. The Kier molecular flexibility index (Phi) is 5.30. The molecular weight excluding hydrogens is 210 g/mol. The molecule has 0 amide bonds. The highest BCUT2D eigenvalue weighted by molar-refractivity contribution is 4.77. The van der Waals surface area contributed by atoms with Gasteiger partial charge in [0.05, 0.1) is 12.7 Å². The van der Waals surface area contributed by atoms with Crippen LogP contribution in [0.4, 0.5) is 0 Å². The van der Waals surface area contributed by atoms with Crippen molar-refractivity contribution in [1.29, 1.82) is 0 Å². The average molecular weight is 239 g/mol. The van der Waals surface area contributed by atoms with Crippen LogP contribution in [0.5, 0.6) is 0 Å². The van der Waals surface area contributed by atoms with Crippen molar-refractivity contribution in [3.63, 3.8) is 0 Å². The maximum Gasteiger partial charge on any atom is 0.0623 e. The van der Waals surface area contributed by atoms with Crippen LogP contribution in [0.3, 0.4) is 0 Å². The van der Waals surface area contributed by atoms with Gasteiger partial charge in [0.2, 0.25) is 0 Å². The van der Waals surface area contributed by atoms with Gasteiger partial charge in [0.25, 0.3) is 0 Å². The Balaban J connectivity index is 1.63. The summed E-state index contributed by atoms with van der Waals surface area (Å²) < 4.78 is 6.02. The zero-order valence-electron chi connectivity index (χ0n) is 11.4. The second kappa shape index (κ2) is 6.75. The fourth-order valence-electron chi connectivity index (χ4n) is 3.34. The first-order chi connectivity index (χ1) is 8.25. The molecule has 2 saturated carbocycles. The molecule has 2 rings (SSSR count). The molecule has 2 aliphatic rings. The van der Waals surface area contributed by atoms with Crippen molar-refractivity contribution in [2.75, 3.05) is 6.61 Å². The van der Waals surface area contributed by atoms with E-state index < -0.39 is 0 Å². The first kappa shape index (κ1) is 13.4. The van der Waals surface area contributed by atoms with E-state index in [0.29, 0.717) is 6.10 Å². The van der Waals surface area contributed by atoms with E-state index >= 15 is 0 Å². The molecule has 0 aromatic heterocycles. The summed E-state index contributed by atoms with van der Waals surface area (Å²) in [5, 5.41) is 0. The van der Waals surface area contributed by atoms with E-state index in [2.05, 4.69) is 6.92 Å². The SMILES string of the molecule is CC1CCC(OCC(N)C2CCCCC2)CC1. The molecule has 2 N–H and O–H groups in total. The lowest BCUT2D eigenvalue weighted by molar-refractivity contribution is 0.00337. The second-order valence-electron chi connectivity index (χ2n) is 6.28. The van der Waals surface area contributed by atoms with Gasteiger partial charge in [-0.1, -0.05) is 26.2 Å². The standard InChI is InChI=1S/C15H29NO/c1-12-7-9-14(10-8-12)17-11-15(16)13-5-3-2-4-6-13/h12-15H,2-11,16H2,1H3. The van der Waals surface area contributed by atoms with E-state index in [1.165, 1.54) is 57.8 Å². The van der Waals surface area contributed by atoms with Crippen LogP contribution in [0.25, 0.3) is 0 Å². The number of hydrogen-bond acceptors (Lipinski definition) is 2. The summed E-state index contributed by atoms with van der Waals surface area (Å²) in [6.45, 7) is 3.15. The van der Waals surface area contributed by atoms with Crippen LogP contribution < -0.4 is 5.73 Å². The summed E-state index contributed by atoms with van der Waals surface area (Å²) in [5.41, 5.74) is 6.27. The molecule has 0 radical (unpaired) electrons. The lowest BCUT2D eigenvalue weighted by Gasteiger charge is -2.31. The predicted molar refractivity (Wildman–Crippen MR) is 71.9 cm³/mol. The Hall–Kier alpha value is -0.0800. The average Bonchev–Trinajstić information content (AvgIpc) is 2.39. The van der Waals surface area contributed by atoms with E-state index in [4.69, 9.17) is 10.5 Å². The van der Waals surface area contributed by atoms with Crippen LogP contribution in [0.2, 0.25) is 0 Å². The summed E-state index contributed by atoms with van der Waals surface area (Å²) in [6.07, 6.45) is 12.5. The Morgan fingerprint density at radius 3 is 2.29 bits per heavy atom. The highest BCUT2D eigenvalue weighted by Crippen LogP contribution is 2.28. The van der Waals surface area contributed by atoms with Crippen molar-refractivity contribution in [2.45, 2.75) is 76.9 Å². The first-order valence-electron chi connectivity index (χ1n) is 7.63. The molecule has 0 aromatic carbocycles. The third-order valence-electron chi connectivity index (χ3n) is 4.74. The highest BCUT2D eigenvalue weighted by atomic mass is 16.5. The van der Waals surface area contributed by atoms with E-state index in [1.54, 1.807) is 0 Å². The largest absolute Gasteiger partial charge is 0.377 e. The van der Waals surface area contributed by atoms with Crippen LogP contribution in [0.1, 0.15) is 64.7 Å². The molecule has 0 heterocycles. The third-order valence-corrected chi connectivity index (χ3v) is 4.74. The monoisotopic (exact) mass is 239 g/mol. The number of hydrogen-bond donors (Lipinski definition) is 1. The topological polar surface area (TPSA) is 35.2 Å². The summed E-state index contributed by atoms with van der Waals surface area (Å²) in [4.78, 5) is 0. The van der Waals surface area contributed by atoms with Gasteiger partial charge in [-0.05, 0) is 50.4 Å². The van der Waals surface area contributed by atoms with Crippen LogP contribution in [-0.2, 0) is 4.74 Å². The smallest absolute Gasteiger partial charge is 0.0623 e. The molecule has 1 unspecified atom stereocenters. The summed E-state index contributed by atoms with van der Waals surface area (Å²) in [7, 11) is 0. The molecule has 2 heteroatoms. The second-order valence-corrected chi connectivity index (χ2v) is 6.28. The maximum absolute atomic E-state index is 6.27. The fraction of sp³-hybridized carbons (Fsp3) is 1.00. The molecule has 1 atom stereocenters. The zero-order chi connectivity index (χ0) is 12.1. The van der Waals surface area contributed by atoms with Crippen molar-refractivity contribution in [3.8, 4) is 0 Å². The Labute approximate surface area is 106 Å². The van der Waals surface area contributed by atoms with Crippen LogP contribution in [0.15, 0.2) is 0 Å². The van der Waals surface area contributed by atoms with E-state index in [-0.39, 0.29) is 6.04 Å². The molecular formula is C15H29NO. The van der Waals surface area contributed by atoms with Gasteiger partial charge in [-0.2, -0.15) is 0 Å². The molecule has 2 aliphatic carbocycles. The molecule has 0 bridgehead atoms. The molecule has 0 saturated heterocycles. The first-order valence-corrected chi connectivity index (χ1v) is 7.63. The summed E-state index contributed by atoms with van der Waals surface area (Å²) >= 11 is 0. The fourth-order valence-corrected chi connectivity index (χ4v) is 3.34. The summed E-state index contributed by atoms with van der Waals surface area (Å²) in [5.74, 6) is 1.63. The van der Waals surface area contributed by atoms with Crippen molar-refractivity contribution in [2.24, 2.45) is 17.6 Å². The van der Waals surface area contributed by atoms with Crippen LogP contribution in [-0.4, -0.2) is 18.8 Å². The van der Waals surface area contributed by atoms with Gasteiger partial charge in [-0.25, -0.2) is 0 Å². The minimum Gasteiger partial charge on any atom is -0.377 e. The van der Waals surface area contributed by atoms with Gasteiger partial charge >= 0.3 is 0 Å². The van der Waals surface area contributed by atoms with Crippen molar-refractivity contribution in [3.05, 3.63) is 0 Å². The molecule has 17 heavy (non-hydrogen) atoms. The van der Waals surface area contributed by atoms with Crippen molar-refractivity contribution >= 4 is 0 Å². The lowest BCUT2D eigenvalue weighted by Crippen LogP contribution is -2.37. The zero-order valence-corrected chi connectivity index (χ0v) is 11.4. The molecule has 2 fully saturated rings. The van der Waals surface area contributed by atoms with Gasteiger partial charge in [-0.3, -0.25) is 0 Å². The lowest BCUT2D eigenvalue weighted by atomic mass is 9.84. The molecule has 0 aromatic rings. The Morgan fingerprint density at radius 2 is 1.65 bits per heavy atom. The number of rotatable bonds is 4. The Morgan fingerprint density at radius 1 is 1.00 bits per heavy atom. The number of nitrogens with two attached hydrogens (primary N) is 1. The quantitative estimate of drug-likeness (QED) is 0.815. The van der Waals surface area contributed by atoms with Gasteiger partial charge in [0.15, 0.2) is 0 Å². The maximum atomic E-state index is 6.27. The van der Waals surface area contributed by atoms with Gasteiger partial charge in [-0.15, -0.1) is 0 Å². The highest BCUT2D eigenvalue weighted by Gasteiger charge is 2.23. The van der Waals surface area contributed by atoms with Gasteiger partial charge < -0.3 is 10.5 Å². The number of ether oxygens (including phenoxy) is 1. The minimum atomic E-state index is 0.287. The normalized spacial score (nSPS) is 33.5. The van der Waals surface area contributed by atoms with E-state index in [1.807, 2.05) is 0 Å². The van der Waals surface area contributed by atoms with Crippen LogP contribution >= 0.6 is 0 Å². The minimum absolute atomic E-state index is 0.287. The van der Waals surface area contributed by atoms with E-state index in [9.17, 15) is 0 Å². The van der Waals surface area contributed by atoms with Crippen molar-refractivity contribution in [1.82, 2.24) is 0 Å². The third kappa shape index (κ3) is 4.26. The molecule has 100 valence electrons. The van der Waals surface area contributed by atoms with Gasteiger partial charge in [0.1, 0.15) is 0 Å². The van der Waals surface area contributed by atoms with Crippen LogP contribution in [0, 0.1) is 11.8 Å². The van der Waals surface area contributed by atoms with Gasteiger partial charge in [0, 0.05) is 6.04 Å². The molecule has 0 spiro atoms. The summed E-state index contributed by atoms with van der Waals surface area (Å²) in [6, 6.07) is 0.287.